The van der Waals surface area contributed by atoms with Gasteiger partial charge in [0.1, 0.15) is 5.58 Å². The molecule has 0 N–H and O–H groups in total. The second-order valence-electron chi connectivity index (χ2n) is 3.30. The van der Waals surface area contributed by atoms with Gasteiger partial charge in [0.25, 0.3) is 5.78 Å². The number of esters is 1. The number of hydrogen-bond acceptors (Lipinski definition) is 4. The molecule has 17 heavy (non-hydrogen) atoms. The van der Waals surface area contributed by atoms with Crippen molar-refractivity contribution in [1.82, 2.24) is 0 Å². The molecule has 0 aliphatic rings. The number of fused-ring (bicyclic) bond motifs is 1. The van der Waals surface area contributed by atoms with Gasteiger partial charge >= 0.3 is 5.97 Å². The third-order valence-corrected chi connectivity index (χ3v) is 2.59. The summed E-state index contributed by atoms with van der Waals surface area (Å²) in [4.78, 5) is 23.3. The zero-order valence-electron chi connectivity index (χ0n) is 9.03. The van der Waals surface area contributed by atoms with E-state index in [0.717, 1.165) is 0 Å². The fraction of sp³-hybridized carbons (Fsp3) is 0.167. The molecule has 0 atom stereocenters. The fourth-order valence-electron chi connectivity index (χ4n) is 1.55. The van der Waals surface area contributed by atoms with Crippen LogP contribution >= 0.6 is 11.6 Å². The Labute approximate surface area is 102 Å². The van der Waals surface area contributed by atoms with Crippen molar-refractivity contribution in [3.63, 3.8) is 0 Å². The van der Waals surface area contributed by atoms with E-state index in [9.17, 15) is 9.59 Å². The van der Waals surface area contributed by atoms with E-state index in [1.165, 1.54) is 12.3 Å². The van der Waals surface area contributed by atoms with Crippen LogP contribution in [0.15, 0.2) is 28.9 Å². The number of ether oxygens (including phenoxy) is 1. The van der Waals surface area contributed by atoms with Crippen LogP contribution in [0, 0.1) is 0 Å². The Morgan fingerprint density at radius 1 is 1.35 bits per heavy atom. The van der Waals surface area contributed by atoms with E-state index < -0.39 is 11.8 Å². The minimum absolute atomic E-state index is 0.122. The highest BCUT2D eigenvalue weighted by molar-refractivity contribution is 6.47. The van der Waals surface area contributed by atoms with Crippen LogP contribution in [0.2, 0.25) is 5.02 Å². The Morgan fingerprint density at radius 2 is 2.12 bits per heavy atom. The molecular weight excluding hydrogens is 244 g/mol. The third kappa shape index (κ3) is 2.03. The highest BCUT2D eigenvalue weighted by Gasteiger charge is 2.23. The molecule has 0 radical (unpaired) electrons. The topological polar surface area (TPSA) is 56.5 Å². The lowest BCUT2D eigenvalue weighted by Gasteiger charge is -2.04. The van der Waals surface area contributed by atoms with Gasteiger partial charge in [0.2, 0.25) is 0 Å². The van der Waals surface area contributed by atoms with Gasteiger partial charge in [0.05, 0.1) is 23.5 Å². The monoisotopic (exact) mass is 252 g/mol. The molecule has 4 nitrogen and oxygen atoms in total. The summed E-state index contributed by atoms with van der Waals surface area (Å²) in [6.45, 7) is 1.77. The Bertz CT molecular complexity index is 585. The molecule has 0 bridgehead atoms. The molecule has 1 aromatic carbocycles. The maximum absolute atomic E-state index is 11.9. The van der Waals surface area contributed by atoms with E-state index in [2.05, 4.69) is 4.74 Å². The molecule has 0 amide bonds. The molecule has 0 unspecified atom stereocenters. The Morgan fingerprint density at radius 3 is 2.82 bits per heavy atom. The third-order valence-electron chi connectivity index (χ3n) is 2.27. The lowest BCUT2D eigenvalue weighted by molar-refractivity contribution is -0.137. The van der Waals surface area contributed by atoms with Gasteiger partial charge in [-0.2, -0.15) is 0 Å². The predicted molar refractivity (Wildman–Crippen MR) is 62.2 cm³/mol. The van der Waals surface area contributed by atoms with Crippen molar-refractivity contribution in [2.45, 2.75) is 6.92 Å². The van der Waals surface area contributed by atoms with E-state index in [-0.39, 0.29) is 17.2 Å². The summed E-state index contributed by atoms with van der Waals surface area (Å²) in [6.07, 6.45) is 1.43. The van der Waals surface area contributed by atoms with Gasteiger partial charge in [0.15, 0.2) is 0 Å². The van der Waals surface area contributed by atoms with Gasteiger partial charge in [-0.3, -0.25) is 4.79 Å². The summed E-state index contributed by atoms with van der Waals surface area (Å²) in [5, 5.41) is 0.715. The molecule has 1 heterocycles. The van der Waals surface area contributed by atoms with Crippen molar-refractivity contribution in [3.8, 4) is 0 Å². The first kappa shape index (κ1) is 11.7. The number of carbonyl (C=O) groups excluding carboxylic acids is 2. The molecule has 0 fully saturated rings. The highest BCUT2D eigenvalue weighted by atomic mass is 35.5. The maximum Gasteiger partial charge on any atom is 0.379 e. The van der Waals surface area contributed by atoms with E-state index in [4.69, 9.17) is 16.0 Å². The quantitative estimate of drug-likeness (QED) is 0.479. The molecule has 0 spiro atoms. The van der Waals surface area contributed by atoms with E-state index in [0.29, 0.717) is 11.0 Å². The Balaban J connectivity index is 2.53. The van der Waals surface area contributed by atoms with Crippen LogP contribution in [-0.4, -0.2) is 18.4 Å². The van der Waals surface area contributed by atoms with Crippen molar-refractivity contribution >= 4 is 34.3 Å². The van der Waals surface area contributed by atoms with Crippen molar-refractivity contribution in [2.75, 3.05) is 6.61 Å². The summed E-state index contributed by atoms with van der Waals surface area (Å²) in [7, 11) is 0. The summed E-state index contributed by atoms with van der Waals surface area (Å²) in [5.74, 6) is -1.67. The number of carbonyl (C=O) groups is 2. The molecular formula is C12H9ClO4. The molecule has 5 heteroatoms. The molecule has 2 rings (SSSR count). The molecule has 88 valence electrons. The van der Waals surface area contributed by atoms with E-state index >= 15 is 0 Å². The first-order valence-electron chi connectivity index (χ1n) is 5.02. The smallest absolute Gasteiger partial charge is 0.379 e. The number of halogens is 1. The van der Waals surface area contributed by atoms with Gasteiger partial charge in [-0.05, 0) is 25.1 Å². The second kappa shape index (κ2) is 4.59. The first-order chi connectivity index (χ1) is 8.15. The number of furan rings is 1. The van der Waals surface area contributed by atoms with Gasteiger partial charge in [0, 0.05) is 5.39 Å². The maximum atomic E-state index is 11.9. The fourth-order valence-corrected chi connectivity index (χ4v) is 1.80. The Hall–Kier alpha value is -1.81. The van der Waals surface area contributed by atoms with Crippen LogP contribution in [0.5, 0.6) is 0 Å². The average molecular weight is 253 g/mol. The molecule has 0 saturated carbocycles. The molecule has 0 saturated heterocycles. The van der Waals surface area contributed by atoms with Gasteiger partial charge in [-0.15, -0.1) is 0 Å². The van der Waals surface area contributed by atoms with Crippen LogP contribution < -0.4 is 0 Å². The molecule has 1 aromatic heterocycles. The summed E-state index contributed by atoms with van der Waals surface area (Å²) in [5.41, 5.74) is 0.624. The van der Waals surface area contributed by atoms with Crippen LogP contribution in [0.4, 0.5) is 0 Å². The summed E-state index contributed by atoms with van der Waals surface area (Å²) < 4.78 is 9.80. The molecule has 0 aliphatic heterocycles. The van der Waals surface area contributed by atoms with Crippen LogP contribution in [0.1, 0.15) is 17.3 Å². The normalized spacial score (nSPS) is 10.5. The van der Waals surface area contributed by atoms with Crippen molar-refractivity contribution in [3.05, 3.63) is 35.0 Å². The zero-order chi connectivity index (χ0) is 12.4. The zero-order valence-corrected chi connectivity index (χ0v) is 9.78. The summed E-state index contributed by atoms with van der Waals surface area (Å²) in [6, 6.07) is 4.74. The van der Waals surface area contributed by atoms with E-state index in [1.807, 2.05) is 0 Å². The van der Waals surface area contributed by atoms with E-state index in [1.54, 1.807) is 19.1 Å². The Kier molecular flexibility index (Phi) is 3.15. The van der Waals surface area contributed by atoms with Crippen LogP contribution in [0.3, 0.4) is 0 Å². The standard InChI is InChI=1S/C12H9ClO4/c1-2-16-12(15)11(14)10-7-5-6-17-9(7)4-3-8(10)13/h3-6H,2H2,1H3. The van der Waals surface area contributed by atoms with Crippen molar-refractivity contribution in [2.24, 2.45) is 0 Å². The van der Waals surface area contributed by atoms with Gasteiger partial charge in [-0.1, -0.05) is 11.6 Å². The minimum atomic E-state index is -0.914. The van der Waals surface area contributed by atoms with Crippen molar-refractivity contribution < 1.29 is 18.7 Å². The van der Waals surface area contributed by atoms with Gasteiger partial charge in [-0.25, -0.2) is 4.79 Å². The number of hydrogen-bond donors (Lipinski definition) is 0. The van der Waals surface area contributed by atoms with Crippen LogP contribution in [-0.2, 0) is 9.53 Å². The largest absolute Gasteiger partial charge is 0.464 e. The first-order valence-corrected chi connectivity index (χ1v) is 5.40. The number of Topliss-reactive ketones (excluding diaryl/α,β-unsaturated/α-hetero) is 1. The minimum Gasteiger partial charge on any atom is -0.464 e. The molecule has 2 aromatic rings. The lowest BCUT2D eigenvalue weighted by atomic mass is 10.1. The van der Waals surface area contributed by atoms with Crippen LogP contribution in [0.25, 0.3) is 11.0 Å². The number of ketones is 1. The predicted octanol–water partition coefficient (Wildman–Crippen LogP) is 2.83. The summed E-state index contributed by atoms with van der Waals surface area (Å²) >= 11 is 5.93. The van der Waals surface area contributed by atoms with Crippen molar-refractivity contribution in [1.29, 1.82) is 0 Å². The SMILES string of the molecule is CCOC(=O)C(=O)c1c(Cl)ccc2occc12. The molecule has 0 aliphatic carbocycles. The lowest BCUT2D eigenvalue weighted by Crippen LogP contribution is -2.18. The second-order valence-corrected chi connectivity index (χ2v) is 3.71. The average Bonchev–Trinajstić information content (AvgIpc) is 2.76. The number of rotatable bonds is 3. The highest BCUT2D eigenvalue weighted by Crippen LogP contribution is 2.27. The van der Waals surface area contributed by atoms with Gasteiger partial charge < -0.3 is 9.15 Å². The number of benzene rings is 1.